The molecule has 0 aliphatic carbocycles. The third-order valence-electron chi connectivity index (χ3n) is 3.89. The fourth-order valence-corrected chi connectivity index (χ4v) is 2.86. The van der Waals surface area contributed by atoms with Crippen LogP contribution in [0.1, 0.15) is 30.4 Å². The highest BCUT2D eigenvalue weighted by Crippen LogP contribution is 2.24. The van der Waals surface area contributed by atoms with Crippen LogP contribution in [0, 0.1) is 6.92 Å². The summed E-state index contributed by atoms with van der Waals surface area (Å²) < 4.78 is 6.02. The molecular formula is C17H26NO+. The average molecular weight is 260 g/mol. The largest absolute Gasteiger partial charge is 0.493 e. The average Bonchev–Trinajstić information content (AvgIpc) is 2.90. The van der Waals surface area contributed by atoms with Crippen LogP contribution < -0.4 is 9.64 Å². The molecule has 0 aromatic heterocycles. The van der Waals surface area contributed by atoms with Crippen molar-refractivity contribution < 1.29 is 9.64 Å². The number of likely N-dealkylation sites (tertiary alicyclic amines) is 1. The predicted molar refractivity (Wildman–Crippen MR) is 80.0 cm³/mol. The summed E-state index contributed by atoms with van der Waals surface area (Å²) in [7, 11) is 0. The van der Waals surface area contributed by atoms with E-state index in [1.54, 1.807) is 4.90 Å². The lowest BCUT2D eigenvalue weighted by Crippen LogP contribution is -3.10. The van der Waals surface area contributed by atoms with E-state index in [1.165, 1.54) is 43.6 Å². The van der Waals surface area contributed by atoms with Gasteiger partial charge in [0, 0.05) is 19.3 Å². The first-order valence-corrected chi connectivity index (χ1v) is 7.47. The van der Waals surface area contributed by atoms with Gasteiger partial charge >= 0.3 is 0 Å². The van der Waals surface area contributed by atoms with Gasteiger partial charge in [0.05, 0.1) is 26.2 Å². The van der Waals surface area contributed by atoms with Crippen LogP contribution >= 0.6 is 0 Å². The Hall–Kier alpha value is -1.28. The summed E-state index contributed by atoms with van der Waals surface area (Å²) in [4.78, 5) is 1.75. The van der Waals surface area contributed by atoms with E-state index in [9.17, 15) is 0 Å². The number of quaternary nitrogens is 1. The molecule has 1 aliphatic heterocycles. The highest BCUT2D eigenvalue weighted by Gasteiger charge is 2.14. The van der Waals surface area contributed by atoms with Crippen molar-refractivity contribution in [2.24, 2.45) is 0 Å². The van der Waals surface area contributed by atoms with Crippen LogP contribution in [0.3, 0.4) is 0 Å². The predicted octanol–water partition coefficient (Wildman–Crippen LogP) is 2.17. The van der Waals surface area contributed by atoms with Crippen LogP contribution in [0.15, 0.2) is 30.9 Å². The minimum atomic E-state index is 0.832. The van der Waals surface area contributed by atoms with E-state index in [0.29, 0.717) is 0 Å². The molecule has 1 aromatic rings. The number of hydrogen-bond donors (Lipinski definition) is 1. The Bertz CT molecular complexity index is 408. The molecule has 2 nitrogen and oxygen atoms in total. The molecular weight excluding hydrogens is 234 g/mol. The third kappa shape index (κ3) is 4.10. The minimum Gasteiger partial charge on any atom is -0.493 e. The number of ether oxygens (including phenoxy) is 1. The zero-order chi connectivity index (χ0) is 13.5. The smallest absolute Gasteiger partial charge is 0.125 e. The fourth-order valence-electron chi connectivity index (χ4n) is 2.86. The molecule has 1 N–H and O–H groups in total. The van der Waals surface area contributed by atoms with Gasteiger partial charge in [0.25, 0.3) is 0 Å². The number of hydrogen-bond acceptors (Lipinski definition) is 1. The molecule has 0 spiro atoms. The quantitative estimate of drug-likeness (QED) is 0.586. The zero-order valence-electron chi connectivity index (χ0n) is 12.1. The van der Waals surface area contributed by atoms with E-state index < -0.39 is 0 Å². The van der Waals surface area contributed by atoms with E-state index in [1.807, 2.05) is 6.08 Å². The monoisotopic (exact) mass is 260 g/mol. The second kappa shape index (κ2) is 7.34. The Morgan fingerprint density at radius 3 is 2.84 bits per heavy atom. The molecule has 1 aliphatic rings. The summed E-state index contributed by atoms with van der Waals surface area (Å²) in [5.74, 6) is 1.07. The zero-order valence-corrected chi connectivity index (χ0v) is 12.1. The Balaban J connectivity index is 1.82. The van der Waals surface area contributed by atoms with Gasteiger partial charge in [-0.25, -0.2) is 0 Å². The first kappa shape index (κ1) is 14.1. The molecule has 1 heterocycles. The second-order valence-electron chi connectivity index (χ2n) is 5.47. The maximum absolute atomic E-state index is 6.02. The van der Waals surface area contributed by atoms with Gasteiger partial charge in [-0.05, 0) is 24.5 Å². The first-order chi connectivity index (χ1) is 9.31. The van der Waals surface area contributed by atoms with Gasteiger partial charge < -0.3 is 9.64 Å². The molecule has 19 heavy (non-hydrogen) atoms. The van der Waals surface area contributed by atoms with E-state index in [-0.39, 0.29) is 0 Å². The van der Waals surface area contributed by atoms with E-state index >= 15 is 0 Å². The van der Waals surface area contributed by atoms with Crippen LogP contribution in [-0.2, 0) is 6.42 Å². The van der Waals surface area contributed by atoms with Crippen molar-refractivity contribution >= 4 is 0 Å². The van der Waals surface area contributed by atoms with Gasteiger partial charge in [-0.1, -0.05) is 24.3 Å². The topological polar surface area (TPSA) is 13.7 Å². The Kier molecular flexibility index (Phi) is 5.46. The maximum Gasteiger partial charge on any atom is 0.125 e. The number of rotatable bonds is 7. The fraction of sp³-hybridized carbons (Fsp3) is 0.529. The summed E-state index contributed by atoms with van der Waals surface area (Å²) in [6.45, 7) is 10.7. The Labute approximate surface area is 117 Å². The molecule has 0 saturated carbocycles. The summed E-state index contributed by atoms with van der Waals surface area (Å²) in [6.07, 6.45) is 6.77. The summed E-state index contributed by atoms with van der Waals surface area (Å²) in [5, 5.41) is 0. The van der Waals surface area contributed by atoms with Crippen molar-refractivity contribution in [3.8, 4) is 5.75 Å². The number of benzene rings is 1. The van der Waals surface area contributed by atoms with Gasteiger partial charge in [-0.2, -0.15) is 0 Å². The summed E-state index contributed by atoms with van der Waals surface area (Å²) in [5.41, 5.74) is 2.48. The van der Waals surface area contributed by atoms with Crippen molar-refractivity contribution in [2.45, 2.75) is 32.6 Å². The molecule has 1 fully saturated rings. The van der Waals surface area contributed by atoms with Crippen molar-refractivity contribution in [3.05, 3.63) is 42.0 Å². The number of para-hydroxylation sites is 1. The van der Waals surface area contributed by atoms with Crippen molar-refractivity contribution in [3.63, 3.8) is 0 Å². The Morgan fingerprint density at radius 2 is 2.11 bits per heavy atom. The van der Waals surface area contributed by atoms with Crippen molar-refractivity contribution in [1.29, 1.82) is 0 Å². The minimum absolute atomic E-state index is 0.832. The van der Waals surface area contributed by atoms with Crippen LogP contribution in [0.2, 0.25) is 0 Å². The molecule has 1 aromatic carbocycles. The van der Waals surface area contributed by atoms with Crippen LogP contribution in [0.5, 0.6) is 5.75 Å². The molecule has 1 saturated heterocycles. The molecule has 2 rings (SSSR count). The highest BCUT2D eigenvalue weighted by molar-refractivity contribution is 5.41. The standard InChI is InChI=1S/C17H25NO/c1-3-8-16-10-6-9-15(2)17(16)19-14-7-13-18-11-4-5-12-18/h3,6,9-10H,1,4-5,7-8,11-14H2,2H3/p+1. The van der Waals surface area contributed by atoms with Gasteiger partial charge in [0.15, 0.2) is 0 Å². The maximum atomic E-state index is 6.02. The summed E-state index contributed by atoms with van der Waals surface area (Å²) in [6, 6.07) is 6.35. The van der Waals surface area contributed by atoms with Crippen LogP contribution in [0.25, 0.3) is 0 Å². The molecule has 0 bridgehead atoms. The third-order valence-corrected chi connectivity index (χ3v) is 3.89. The van der Waals surface area contributed by atoms with Crippen molar-refractivity contribution in [1.82, 2.24) is 0 Å². The lowest BCUT2D eigenvalue weighted by atomic mass is 10.1. The molecule has 0 radical (unpaired) electrons. The van der Waals surface area contributed by atoms with Gasteiger partial charge in [0.2, 0.25) is 0 Å². The van der Waals surface area contributed by atoms with Gasteiger partial charge in [0.1, 0.15) is 5.75 Å². The molecule has 0 amide bonds. The van der Waals surface area contributed by atoms with Gasteiger partial charge in [-0.3, -0.25) is 0 Å². The normalized spacial score (nSPS) is 15.6. The lowest BCUT2D eigenvalue weighted by molar-refractivity contribution is -0.887. The van der Waals surface area contributed by atoms with E-state index in [2.05, 4.69) is 31.7 Å². The van der Waals surface area contributed by atoms with Crippen LogP contribution in [-0.4, -0.2) is 26.2 Å². The Morgan fingerprint density at radius 1 is 1.32 bits per heavy atom. The highest BCUT2D eigenvalue weighted by atomic mass is 16.5. The molecule has 0 unspecified atom stereocenters. The first-order valence-electron chi connectivity index (χ1n) is 7.47. The lowest BCUT2D eigenvalue weighted by Gasteiger charge is -2.15. The summed E-state index contributed by atoms with van der Waals surface area (Å²) >= 11 is 0. The van der Waals surface area contributed by atoms with Crippen LogP contribution in [0.4, 0.5) is 0 Å². The van der Waals surface area contributed by atoms with E-state index in [0.717, 1.165) is 25.2 Å². The van der Waals surface area contributed by atoms with E-state index in [4.69, 9.17) is 4.74 Å². The SMILES string of the molecule is C=CCc1cccc(C)c1OCCC[NH+]1CCCC1. The van der Waals surface area contributed by atoms with Crippen molar-refractivity contribution in [2.75, 3.05) is 26.2 Å². The number of allylic oxidation sites excluding steroid dienone is 1. The van der Waals surface area contributed by atoms with Gasteiger partial charge in [-0.15, -0.1) is 6.58 Å². The molecule has 2 heteroatoms. The number of nitrogens with one attached hydrogen (secondary N) is 1. The molecule has 0 atom stereocenters. The number of aryl methyl sites for hydroxylation is 1. The second-order valence-corrected chi connectivity index (χ2v) is 5.47. The molecule has 104 valence electrons.